The Hall–Kier alpha value is -2.67. The normalized spacial score (nSPS) is 14.8. The minimum absolute atomic E-state index is 0.0197. The number of carbonyl (C=O) groups excluding carboxylic acids is 1. The van der Waals surface area contributed by atoms with Crippen LogP contribution >= 0.6 is 11.6 Å². The zero-order valence-electron chi connectivity index (χ0n) is 15.8. The van der Waals surface area contributed by atoms with Crippen LogP contribution in [0.15, 0.2) is 57.7 Å². The van der Waals surface area contributed by atoms with Gasteiger partial charge in [-0.1, -0.05) is 35.9 Å². The highest BCUT2D eigenvalue weighted by Crippen LogP contribution is 2.17. The van der Waals surface area contributed by atoms with E-state index in [2.05, 4.69) is 22.3 Å². The van der Waals surface area contributed by atoms with Crippen LogP contribution in [0.25, 0.3) is 11.0 Å². The monoisotopic (exact) mass is 412 g/mol. The van der Waals surface area contributed by atoms with E-state index in [0.717, 1.165) is 38.4 Å². The van der Waals surface area contributed by atoms with E-state index in [1.807, 2.05) is 12.1 Å². The van der Waals surface area contributed by atoms with Crippen molar-refractivity contribution in [3.63, 3.8) is 0 Å². The average Bonchev–Trinajstić information content (AvgIpc) is 2.74. The number of hydrogen-bond donors (Lipinski definition) is 1. The Morgan fingerprint density at radius 1 is 1.03 bits per heavy atom. The summed E-state index contributed by atoms with van der Waals surface area (Å²) in [4.78, 5) is 27.0. The highest BCUT2D eigenvalue weighted by molar-refractivity contribution is 6.31. The smallest absolute Gasteiger partial charge is 0.287 e. The van der Waals surface area contributed by atoms with Gasteiger partial charge < -0.3 is 14.5 Å². The van der Waals surface area contributed by atoms with Gasteiger partial charge in [0.1, 0.15) is 5.58 Å². The molecule has 2 aromatic carbocycles. The Bertz CT molecular complexity index is 1070. The van der Waals surface area contributed by atoms with E-state index >= 15 is 0 Å². The maximum Gasteiger partial charge on any atom is 0.287 e. The number of nitrogens with one attached hydrogen (secondary N) is 1. The standard InChI is InChI=1S/C22H21ClN2O4/c23-17-5-6-20-18(11-17)19(26)12-21(29-20)22(27)24-13-15-1-3-16(4-2-15)14-25-7-9-28-10-8-25/h1-6,11-12H,7-10,13-14H2,(H,24,27). The molecule has 150 valence electrons. The van der Waals surface area contributed by atoms with Gasteiger partial charge in [-0.25, -0.2) is 0 Å². The van der Waals surface area contributed by atoms with Crippen LogP contribution in [-0.2, 0) is 17.8 Å². The number of morpholine rings is 1. The molecule has 0 unspecified atom stereocenters. The van der Waals surface area contributed by atoms with E-state index in [1.165, 1.54) is 17.7 Å². The lowest BCUT2D eigenvalue weighted by Crippen LogP contribution is -2.35. The van der Waals surface area contributed by atoms with Crippen LogP contribution in [0, 0.1) is 0 Å². The molecule has 4 rings (SSSR count). The number of fused-ring (bicyclic) bond motifs is 1. The van der Waals surface area contributed by atoms with Gasteiger partial charge in [0.15, 0.2) is 11.2 Å². The van der Waals surface area contributed by atoms with Crippen LogP contribution < -0.4 is 10.7 Å². The van der Waals surface area contributed by atoms with Gasteiger partial charge in [-0.15, -0.1) is 0 Å². The first-order chi connectivity index (χ1) is 14.1. The summed E-state index contributed by atoms with van der Waals surface area (Å²) in [5.41, 5.74) is 2.23. The number of benzene rings is 2. The van der Waals surface area contributed by atoms with E-state index in [9.17, 15) is 9.59 Å². The molecule has 0 atom stereocenters. The van der Waals surface area contributed by atoms with Crippen LogP contribution in [0.5, 0.6) is 0 Å². The van der Waals surface area contributed by atoms with E-state index in [4.69, 9.17) is 20.8 Å². The Morgan fingerprint density at radius 2 is 1.76 bits per heavy atom. The first-order valence-corrected chi connectivity index (χ1v) is 9.86. The molecule has 0 aliphatic carbocycles. The number of ether oxygens (including phenoxy) is 1. The molecule has 1 saturated heterocycles. The summed E-state index contributed by atoms with van der Waals surface area (Å²) in [5.74, 6) is -0.454. The fraction of sp³-hybridized carbons (Fsp3) is 0.273. The predicted octanol–water partition coefficient (Wildman–Crippen LogP) is 3.21. The Balaban J connectivity index is 1.38. The summed E-state index contributed by atoms with van der Waals surface area (Å²) >= 11 is 5.91. The number of carbonyl (C=O) groups is 1. The SMILES string of the molecule is O=C(NCc1ccc(CN2CCOCC2)cc1)c1cc(=O)c2cc(Cl)ccc2o1. The summed E-state index contributed by atoms with van der Waals surface area (Å²) in [6, 6.07) is 14.1. The summed E-state index contributed by atoms with van der Waals surface area (Å²) in [5, 5.41) is 3.59. The molecular formula is C22H21ClN2O4. The lowest BCUT2D eigenvalue weighted by atomic mass is 10.1. The Morgan fingerprint density at radius 3 is 2.52 bits per heavy atom. The number of rotatable bonds is 5. The summed E-state index contributed by atoms with van der Waals surface area (Å²) < 4.78 is 10.9. The first kappa shape index (κ1) is 19.6. The van der Waals surface area contributed by atoms with Crippen molar-refractivity contribution < 1.29 is 13.9 Å². The zero-order valence-corrected chi connectivity index (χ0v) is 16.6. The molecule has 29 heavy (non-hydrogen) atoms. The fourth-order valence-corrected chi connectivity index (χ4v) is 3.46. The van der Waals surface area contributed by atoms with Crippen LogP contribution in [0.2, 0.25) is 5.02 Å². The van der Waals surface area contributed by atoms with Crippen molar-refractivity contribution in [1.29, 1.82) is 0 Å². The molecule has 1 aliphatic rings. The Kier molecular flexibility index (Phi) is 5.94. The van der Waals surface area contributed by atoms with Crippen molar-refractivity contribution in [1.82, 2.24) is 10.2 Å². The van der Waals surface area contributed by atoms with Crippen LogP contribution in [0.3, 0.4) is 0 Å². The quantitative estimate of drug-likeness (QED) is 0.696. The van der Waals surface area contributed by atoms with Crippen molar-refractivity contribution in [2.75, 3.05) is 26.3 Å². The molecule has 0 saturated carbocycles. The maximum atomic E-state index is 12.4. The van der Waals surface area contributed by atoms with Gasteiger partial charge in [0.2, 0.25) is 0 Å². The highest BCUT2D eigenvalue weighted by atomic mass is 35.5. The van der Waals surface area contributed by atoms with Gasteiger partial charge in [0.25, 0.3) is 5.91 Å². The summed E-state index contributed by atoms with van der Waals surface area (Å²) in [6.45, 7) is 4.69. The third-order valence-electron chi connectivity index (χ3n) is 4.90. The molecule has 6 nitrogen and oxygen atoms in total. The van der Waals surface area contributed by atoms with E-state index < -0.39 is 5.91 Å². The molecule has 2 heterocycles. The second-order valence-electron chi connectivity index (χ2n) is 7.00. The lowest BCUT2D eigenvalue weighted by molar-refractivity contribution is 0.0342. The number of halogens is 1. The topological polar surface area (TPSA) is 71.8 Å². The van der Waals surface area contributed by atoms with E-state index in [-0.39, 0.29) is 11.2 Å². The molecule has 3 aromatic rings. The largest absolute Gasteiger partial charge is 0.451 e. The van der Waals surface area contributed by atoms with Crippen molar-refractivity contribution in [2.24, 2.45) is 0 Å². The second-order valence-corrected chi connectivity index (χ2v) is 7.44. The zero-order chi connectivity index (χ0) is 20.2. The van der Waals surface area contributed by atoms with Gasteiger partial charge >= 0.3 is 0 Å². The molecular weight excluding hydrogens is 392 g/mol. The van der Waals surface area contributed by atoms with Crippen molar-refractivity contribution in [2.45, 2.75) is 13.1 Å². The first-order valence-electron chi connectivity index (χ1n) is 9.48. The molecule has 1 fully saturated rings. The van der Waals surface area contributed by atoms with Crippen LogP contribution in [0.1, 0.15) is 21.7 Å². The minimum atomic E-state index is -0.434. The molecule has 1 N–H and O–H groups in total. The molecule has 0 bridgehead atoms. The summed E-state index contributed by atoms with van der Waals surface area (Å²) in [7, 11) is 0. The number of hydrogen-bond acceptors (Lipinski definition) is 5. The molecule has 1 aliphatic heterocycles. The van der Waals surface area contributed by atoms with Crippen LogP contribution in [-0.4, -0.2) is 37.1 Å². The molecule has 1 amide bonds. The second kappa shape index (κ2) is 8.78. The third kappa shape index (κ3) is 4.85. The molecule has 0 spiro atoms. The van der Waals surface area contributed by atoms with Crippen molar-refractivity contribution in [3.05, 3.63) is 80.7 Å². The van der Waals surface area contributed by atoms with Gasteiger partial charge in [-0.2, -0.15) is 0 Å². The Labute approximate surface area is 173 Å². The fourth-order valence-electron chi connectivity index (χ4n) is 3.29. The molecule has 0 radical (unpaired) electrons. The lowest BCUT2D eigenvalue weighted by Gasteiger charge is -2.26. The minimum Gasteiger partial charge on any atom is -0.451 e. The van der Waals surface area contributed by atoms with Crippen LogP contribution in [0.4, 0.5) is 0 Å². The summed E-state index contributed by atoms with van der Waals surface area (Å²) in [6.07, 6.45) is 0. The van der Waals surface area contributed by atoms with Gasteiger partial charge in [-0.05, 0) is 29.3 Å². The van der Waals surface area contributed by atoms with Crippen molar-refractivity contribution >= 4 is 28.5 Å². The third-order valence-corrected chi connectivity index (χ3v) is 5.13. The van der Waals surface area contributed by atoms with Gasteiger partial charge in [-0.3, -0.25) is 14.5 Å². The van der Waals surface area contributed by atoms with E-state index in [0.29, 0.717) is 22.5 Å². The van der Waals surface area contributed by atoms with E-state index in [1.54, 1.807) is 12.1 Å². The van der Waals surface area contributed by atoms with Gasteiger partial charge in [0, 0.05) is 37.3 Å². The number of nitrogens with zero attached hydrogens (tertiary/aromatic N) is 1. The average molecular weight is 413 g/mol. The highest BCUT2D eigenvalue weighted by Gasteiger charge is 2.13. The maximum absolute atomic E-state index is 12.4. The number of amides is 1. The predicted molar refractivity (Wildman–Crippen MR) is 111 cm³/mol. The van der Waals surface area contributed by atoms with Gasteiger partial charge in [0.05, 0.1) is 18.6 Å². The molecule has 1 aromatic heterocycles. The molecule has 7 heteroatoms. The van der Waals surface area contributed by atoms with Crippen molar-refractivity contribution in [3.8, 4) is 0 Å².